The van der Waals surface area contributed by atoms with E-state index >= 15 is 0 Å². The van der Waals surface area contributed by atoms with E-state index in [0.29, 0.717) is 12.0 Å². The molecule has 0 amide bonds. The van der Waals surface area contributed by atoms with Gasteiger partial charge in [-0.25, -0.2) is 0 Å². The first-order valence-corrected chi connectivity index (χ1v) is 6.51. The maximum absolute atomic E-state index is 5.30. The van der Waals surface area contributed by atoms with Gasteiger partial charge in [0, 0.05) is 6.61 Å². The third-order valence-electron chi connectivity index (χ3n) is 1.91. The highest BCUT2D eigenvalue weighted by Gasteiger charge is 1.94. The van der Waals surface area contributed by atoms with E-state index in [1.807, 2.05) is 0 Å². The molecule has 0 aromatic heterocycles. The molecule has 0 bridgehead atoms. The first-order chi connectivity index (χ1) is 7.25. The Kier molecular flexibility index (Phi) is 12.6. The Hall–Kier alpha value is -0.300. The highest BCUT2D eigenvalue weighted by atomic mass is 16.5. The quantitative estimate of drug-likeness (QED) is 0.577. The molecule has 0 spiro atoms. The fraction of sp³-hybridized carbons (Fsp3) is 0.867. The molecule has 0 N–H and O–H groups in total. The van der Waals surface area contributed by atoms with Crippen molar-refractivity contribution in [3.05, 3.63) is 12.2 Å². The van der Waals surface area contributed by atoms with E-state index in [4.69, 9.17) is 4.74 Å². The Morgan fingerprint density at radius 3 is 1.62 bits per heavy atom. The minimum absolute atomic E-state index is 0.386. The number of allylic oxidation sites excluding steroid dienone is 1. The highest BCUT2D eigenvalue weighted by molar-refractivity contribution is 4.87. The molecule has 0 saturated carbocycles. The fourth-order valence-corrected chi connectivity index (χ4v) is 0.920. The van der Waals surface area contributed by atoms with Crippen LogP contribution < -0.4 is 0 Å². The molecule has 0 atom stereocenters. The number of rotatable bonds is 6. The van der Waals surface area contributed by atoms with Crippen molar-refractivity contribution in [3.63, 3.8) is 0 Å². The van der Waals surface area contributed by atoms with Gasteiger partial charge in [-0.15, -0.1) is 6.58 Å². The Bertz CT molecular complexity index is 149. The van der Waals surface area contributed by atoms with Gasteiger partial charge in [0.2, 0.25) is 0 Å². The maximum atomic E-state index is 5.30. The van der Waals surface area contributed by atoms with Gasteiger partial charge in [0.15, 0.2) is 0 Å². The van der Waals surface area contributed by atoms with Gasteiger partial charge in [-0.1, -0.05) is 33.3 Å². The summed E-state index contributed by atoms with van der Waals surface area (Å²) in [5.41, 5.74) is 1.30. The van der Waals surface area contributed by atoms with Crippen molar-refractivity contribution in [3.8, 4) is 0 Å². The first-order valence-electron chi connectivity index (χ1n) is 6.51. The van der Waals surface area contributed by atoms with E-state index in [0.717, 1.165) is 12.5 Å². The lowest BCUT2D eigenvalue weighted by Gasteiger charge is -2.08. The number of hydrogen-bond acceptors (Lipinski definition) is 1. The Morgan fingerprint density at radius 2 is 1.50 bits per heavy atom. The van der Waals surface area contributed by atoms with Crippen LogP contribution in [0.5, 0.6) is 0 Å². The smallest absolute Gasteiger partial charge is 0.0518 e. The van der Waals surface area contributed by atoms with Crippen LogP contribution in [-0.4, -0.2) is 12.7 Å². The molecular weight excluding hydrogens is 196 g/mol. The SMILES string of the molecule is C=C(C)CCC(C)C.CC(C)COC(C)C. The van der Waals surface area contributed by atoms with Crippen molar-refractivity contribution in [2.75, 3.05) is 6.61 Å². The van der Waals surface area contributed by atoms with Gasteiger partial charge < -0.3 is 4.74 Å². The van der Waals surface area contributed by atoms with Gasteiger partial charge in [-0.2, -0.15) is 0 Å². The summed E-state index contributed by atoms with van der Waals surface area (Å²) >= 11 is 0. The molecule has 0 aromatic carbocycles. The summed E-state index contributed by atoms with van der Waals surface area (Å²) in [4.78, 5) is 0. The van der Waals surface area contributed by atoms with E-state index in [2.05, 4.69) is 55.0 Å². The Morgan fingerprint density at radius 1 is 1.00 bits per heavy atom. The van der Waals surface area contributed by atoms with Crippen molar-refractivity contribution in [1.29, 1.82) is 0 Å². The Labute approximate surface area is 103 Å². The van der Waals surface area contributed by atoms with Crippen molar-refractivity contribution >= 4 is 0 Å². The zero-order chi connectivity index (χ0) is 13.1. The molecule has 0 aliphatic heterocycles. The van der Waals surface area contributed by atoms with Crippen molar-refractivity contribution in [2.24, 2.45) is 11.8 Å². The molecule has 0 unspecified atom stereocenters. The van der Waals surface area contributed by atoms with Gasteiger partial charge >= 0.3 is 0 Å². The van der Waals surface area contributed by atoms with Crippen LogP contribution in [0.1, 0.15) is 61.3 Å². The van der Waals surface area contributed by atoms with E-state index in [9.17, 15) is 0 Å². The summed E-state index contributed by atoms with van der Waals surface area (Å²) in [6.45, 7) is 19.7. The summed E-state index contributed by atoms with van der Waals surface area (Å²) < 4.78 is 5.30. The third kappa shape index (κ3) is 23.5. The summed E-state index contributed by atoms with van der Waals surface area (Å²) in [5.74, 6) is 1.49. The van der Waals surface area contributed by atoms with Crippen LogP contribution in [0, 0.1) is 11.8 Å². The first kappa shape index (κ1) is 18.1. The van der Waals surface area contributed by atoms with E-state index in [1.165, 1.54) is 18.4 Å². The Balaban J connectivity index is 0. The maximum Gasteiger partial charge on any atom is 0.0518 e. The minimum Gasteiger partial charge on any atom is -0.379 e. The zero-order valence-corrected chi connectivity index (χ0v) is 12.5. The third-order valence-corrected chi connectivity index (χ3v) is 1.91. The van der Waals surface area contributed by atoms with Crippen molar-refractivity contribution in [2.45, 2.75) is 67.4 Å². The average Bonchev–Trinajstić information content (AvgIpc) is 2.12. The molecule has 16 heavy (non-hydrogen) atoms. The predicted molar refractivity (Wildman–Crippen MR) is 74.8 cm³/mol. The molecule has 1 nitrogen and oxygen atoms in total. The van der Waals surface area contributed by atoms with Crippen LogP contribution in [-0.2, 0) is 4.74 Å². The number of hydrogen-bond donors (Lipinski definition) is 0. The average molecular weight is 228 g/mol. The van der Waals surface area contributed by atoms with Gasteiger partial charge in [-0.3, -0.25) is 0 Å². The lowest BCUT2D eigenvalue weighted by atomic mass is 10.1. The van der Waals surface area contributed by atoms with Gasteiger partial charge in [0.05, 0.1) is 6.10 Å². The van der Waals surface area contributed by atoms with E-state index in [-0.39, 0.29) is 0 Å². The van der Waals surface area contributed by atoms with Crippen molar-refractivity contribution < 1.29 is 4.74 Å². The van der Waals surface area contributed by atoms with Gasteiger partial charge in [-0.05, 0) is 45.4 Å². The molecule has 0 saturated heterocycles. The minimum atomic E-state index is 0.386. The second kappa shape index (κ2) is 11.2. The molecule has 0 fully saturated rings. The van der Waals surface area contributed by atoms with Gasteiger partial charge in [0.25, 0.3) is 0 Å². The molecule has 0 aliphatic carbocycles. The zero-order valence-electron chi connectivity index (χ0n) is 12.5. The molecule has 0 aliphatic rings. The van der Waals surface area contributed by atoms with E-state index < -0.39 is 0 Å². The van der Waals surface area contributed by atoms with Crippen LogP contribution in [0.4, 0.5) is 0 Å². The highest BCUT2D eigenvalue weighted by Crippen LogP contribution is 2.07. The second-order valence-electron chi connectivity index (χ2n) is 5.67. The molecule has 1 heteroatoms. The largest absolute Gasteiger partial charge is 0.379 e. The normalized spacial score (nSPS) is 10.6. The van der Waals surface area contributed by atoms with Crippen LogP contribution in [0.25, 0.3) is 0 Å². The van der Waals surface area contributed by atoms with Crippen LogP contribution in [0.3, 0.4) is 0 Å². The predicted octanol–water partition coefficient (Wildman–Crippen LogP) is 5.07. The monoisotopic (exact) mass is 228 g/mol. The van der Waals surface area contributed by atoms with Crippen LogP contribution in [0.15, 0.2) is 12.2 Å². The second-order valence-corrected chi connectivity index (χ2v) is 5.67. The lowest BCUT2D eigenvalue weighted by Crippen LogP contribution is -2.08. The topological polar surface area (TPSA) is 9.23 Å². The van der Waals surface area contributed by atoms with Crippen LogP contribution in [0.2, 0.25) is 0 Å². The molecule has 0 radical (unpaired) electrons. The molecule has 0 rings (SSSR count). The standard InChI is InChI=1S/C8H16.C7H16O/c1-7(2)5-6-8(3)4;1-6(2)5-8-7(3)4/h8H,1,5-6H2,2-4H3;6-7H,5H2,1-4H3. The molecular formula is C15H32O. The molecule has 98 valence electrons. The van der Waals surface area contributed by atoms with Crippen LogP contribution >= 0.6 is 0 Å². The summed E-state index contributed by atoms with van der Waals surface area (Å²) in [7, 11) is 0. The summed E-state index contributed by atoms with van der Waals surface area (Å²) in [5, 5.41) is 0. The fourth-order valence-electron chi connectivity index (χ4n) is 0.920. The summed E-state index contributed by atoms with van der Waals surface area (Å²) in [6, 6.07) is 0. The lowest BCUT2D eigenvalue weighted by molar-refractivity contribution is 0.0593. The van der Waals surface area contributed by atoms with Crippen molar-refractivity contribution in [1.82, 2.24) is 0 Å². The van der Waals surface area contributed by atoms with Gasteiger partial charge in [0.1, 0.15) is 0 Å². The molecule has 0 heterocycles. The number of ether oxygens (including phenoxy) is 1. The van der Waals surface area contributed by atoms with E-state index in [1.54, 1.807) is 0 Å². The summed E-state index contributed by atoms with van der Waals surface area (Å²) in [6.07, 6.45) is 2.87. The molecule has 0 aromatic rings.